The highest BCUT2D eigenvalue weighted by Gasteiger charge is 2.09. The molecule has 150 valence electrons. The third-order valence-electron chi connectivity index (χ3n) is 3.55. The van der Waals surface area contributed by atoms with Crippen molar-refractivity contribution in [3.63, 3.8) is 0 Å². The Morgan fingerprint density at radius 3 is 2.31 bits per heavy atom. The van der Waals surface area contributed by atoms with Crippen molar-refractivity contribution in [3.05, 3.63) is 70.1 Å². The van der Waals surface area contributed by atoms with Gasteiger partial charge in [0.2, 0.25) is 6.79 Å². The molecule has 0 atom stereocenters. The number of hydrogen-bond acceptors (Lipinski definition) is 9. The van der Waals surface area contributed by atoms with Gasteiger partial charge >= 0.3 is 12.1 Å². The summed E-state index contributed by atoms with van der Waals surface area (Å²) in [6, 6.07) is 17.9. The zero-order valence-electron chi connectivity index (χ0n) is 15.1. The molecule has 3 rings (SSSR count). The maximum absolute atomic E-state index is 11.7. The van der Waals surface area contributed by atoms with Crippen LogP contribution >= 0.6 is 32.9 Å². The lowest BCUT2D eigenvalue weighted by Gasteiger charge is -2.09. The largest absolute Gasteiger partial charge is 0.511 e. The van der Waals surface area contributed by atoms with Crippen LogP contribution in [0, 0.1) is 3.82 Å². The molecule has 1 heterocycles. The van der Waals surface area contributed by atoms with Crippen LogP contribution in [0.15, 0.2) is 60.7 Å². The van der Waals surface area contributed by atoms with Gasteiger partial charge in [0.05, 0.1) is 5.56 Å². The van der Waals surface area contributed by atoms with E-state index in [-0.39, 0.29) is 13.2 Å². The number of esters is 1. The van der Waals surface area contributed by atoms with E-state index >= 15 is 0 Å². The number of ether oxygens (including phenoxy) is 4. The molecule has 0 N–H and O–H groups in total. The van der Waals surface area contributed by atoms with Gasteiger partial charge in [0, 0.05) is 4.88 Å². The van der Waals surface area contributed by atoms with E-state index in [0.717, 1.165) is 14.3 Å². The normalized spacial score (nSPS) is 10.2. The molecule has 0 aliphatic carbocycles. The maximum atomic E-state index is 11.7. The molecule has 0 aliphatic heterocycles. The molecular formula is C20H16O6S3. The summed E-state index contributed by atoms with van der Waals surface area (Å²) in [4.78, 5) is 24.3. The smallest absolute Gasteiger partial charge is 0.490 e. The first-order valence-corrected chi connectivity index (χ1v) is 11.0. The predicted molar refractivity (Wildman–Crippen MR) is 113 cm³/mol. The molecule has 1 aromatic heterocycles. The topological polar surface area (TPSA) is 71.1 Å². The molecule has 0 bridgehead atoms. The Morgan fingerprint density at radius 1 is 0.862 bits per heavy atom. The minimum Gasteiger partial charge on any atom is -0.490 e. The fraction of sp³-hybridized carbons (Fsp3) is 0.150. The second kappa shape index (κ2) is 10.7. The average Bonchev–Trinajstić information content (AvgIpc) is 3.18. The van der Waals surface area contributed by atoms with E-state index in [0.29, 0.717) is 11.3 Å². The Balaban J connectivity index is 1.31. The molecule has 6 nitrogen and oxygen atoms in total. The lowest BCUT2D eigenvalue weighted by atomic mass is 10.2. The van der Waals surface area contributed by atoms with E-state index in [2.05, 4.69) is 4.74 Å². The minimum atomic E-state index is -0.941. The molecule has 0 saturated heterocycles. The Morgan fingerprint density at radius 2 is 1.62 bits per heavy atom. The molecular weight excluding hydrogens is 432 g/mol. The fourth-order valence-electron chi connectivity index (χ4n) is 2.20. The first-order chi connectivity index (χ1) is 14.1. The molecule has 0 spiro atoms. The van der Waals surface area contributed by atoms with Gasteiger partial charge in [0.25, 0.3) is 0 Å². The van der Waals surface area contributed by atoms with Crippen LogP contribution in [0.4, 0.5) is 4.79 Å². The first-order valence-electron chi connectivity index (χ1n) is 8.47. The highest BCUT2D eigenvalue weighted by atomic mass is 32.9. The van der Waals surface area contributed by atoms with Crippen molar-refractivity contribution in [2.75, 3.05) is 20.0 Å². The van der Waals surface area contributed by atoms with Gasteiger partial charge in [-0.25, -0.2) is 9.59 Å². The summed E-state index contributed by atoms with van der Waals surface area (Å²) >= 11 is 5.14. The standard InChI is InChI=1S/C20H16O6S3/c21-19(15-4-2-1-3-5-15)25-13-26-20(22)24-11-10-23-16-8-6-14(7-9-16)17-12-18(27)29-28-17/h1-9,12H,10-11,13H2. The number of rotatable bonds is 8. The Hall–Kier alpha value is -2.75. The lowest BCUT2D eigenvalue weighted by molar-refractivity contribution is -0.0294. The van der Waals surface area contributed by atoms with Crippen LogP contribution in [0.3, 0.4) is 0 Å². The highest BCUT2D eigenvalue weighted by molar-refractivity contribution is 7.80. The van der Waals surface area contributed by atoms with Crippen LogP contribution in [-0.2, 0) is 14.2 Å². The quantitative estimate of drug-likeness (QED) is 0.147. The number of hydrogen-bond donors (Lipinski definition) is 0. The van der Waals surface area contributed by atoms with E-state index < -0.39 is 18.9 Å². The van der Waals surface area contributed by atoms with Crippen LogP contribution in [0.5, 0.6) is 5.75 Å². The van der Waals surface area contributed by atoms with Crippen LogP contribution in [0.1, 0.15) is 10.4 Å². The van der Waals surface area contributed by atoms with Crippen molar-refractivity contribution in [1.82, 2.24) is 0 Å². The Labute approximate surface area is 179 Å². The molecule has 0 aliphatic rings. The molecule has 0 amide bonds. The summed E-state index contributed by atoms with van der Waals surface area (Å²) in [6.45, 7) is -0.362. The SMILES string of the molecule is O=C(OCCOc1ccc(-c2cc(=S)ss2)cc1)OCOC(=O)c1ccccc1. The van der Waals surface area contributed by atoms with Crippen LogP contribution in [-0.4, -0.2) is 32.1 Å². The van der Waals surface area contributed by atoms with Crippen molar-refractivity contribution < 1.29 is 28.5 Å². The summed E-state index contributed by atoms with van der Waals surface area (Å²) in [5.74, 6) is 0.0682. The molecule has 0 fully saturated rings. The fourth-order valence-corrected chi connectivity index (χ4v) is 4.61. The van der Waals surface area contributed by atoms with E-state index in [4.69, 9.17) is 26.4 Å². The van der Waals surface area contributed by atoms with Crippen molar-refractivity contribution in [2.24, 2.45) is 0 Å². The Bertz CT molecular complexity index is 995. The number of benzene rings is 2. The summed E-state index contributed by atoms with van der Waals surface area (Å²) < 4.78 is 20.8. The zero-order valence-corrected chi connectivity index (χ0v) is 17.5. The van der Waals surface area contributed by atoms with Gasteiger partial charge < -0.3 is 18.9 Å². The zero-order chi connectivity index (χ0) is 20.5. The van der Waals surface area contributed by atoms with E-state index in [1.165, 1.54) is 0 Å². The van der Waals surface area contributed by atoms with Crippen molar-refractivity contribution in [2.45, 2.75) is 0 Å². The molecule has 2 aromatic carbocycles. The van der Waals surface area contributed by atoms with Gasteiger partial charge in [0.15, 0.2) is 0 Å². The van der Waals surface area contributed by atoms with Gasteiger partial charge in [-0.05, 0) is 48.0 Å². The monoisotopic (exact) mass is 448 g/mol. The molecule has 3 aromatic rings. The van der Waals surface area contributed by atoms with Gasteiger partial charge in [-0.1, -0.05) is 51.1 Å². The van der Waals surface area contributed by atoms with Gasteiger partial charge in [0.1, 0.15) is 22.8 Å². The third kappa shape index (κ3) is 6.67. The Kier molecular flexibility index (Phi) is 7.74. The van der Waals surface area contributed by atoms with E-state index in [1.54, 1.807) is 51.0 Å². The molecule has 0 radical (unpaired) electrons. The molecule has 29 heavy (non-hydrogen) atoms. The van der Waals surface area contributed by atoms with Crippen molar-refractivity contribution >= 4 is 45.0 Å². The summed E-state index contributed by atoms with van der Waals surface area (Å²) in [5.41, 5.74) is 1.44. The van der Waals surface area contributed by atoms with Crippen LogP contribution in [0.2, 0.25) is 0 Å². The number of carbonyl (C=O) groups excluding carboxylic acids is 2. The molecule has 0 saturated carbocycles. The van der Waals surface area contributed by atoms with Gasteiger partial charge in [-0.15, -0.1) is 0 Å². The number of carbonyl (C=O) groups is 2. The summed E-state index contributed by atoms with van der Waals surface area (Å²) in [6.07, 6.45) is -0.941. The van der Waals surface area contributed by atoms with Crippen LogP contribution < -0.4 is 4.74 Å². The highest BCUT2D eigenvalue weighted by Crippen LogP contribution is 2.30. The second-order valence-electron chi connectivity index (χ2n) is 5.53. The maximum Gasteiger partial charge on any atom is 0.511 e. The first kappa shape index (κ1) is 21.0. The van der Waals surface area contributed by atoms with Crippen LogP contribution in [0.25, 0.3) is 10.4 Å². The summed E-state index contributed by atoms with van der Waals surface area (Å²) in [7, 11) is 3.20. The lowest BCUT2D eigenvalue weighted by Crippen LogP contribution is -2.16. The third-order valence-corrected chi connectivity index (χ3v) is 6.46. The van der Waals surface area contributed by atoms with Gasteiger partial charge in [-0.3, -0.25) is 0 Å². The van der Waals surface area contributed by atoms with Crippen molar-refractivity contribution in [3.8, 4) is 16.2 Å². The van der Waals surface area contributed by atoms with Gasteiger partial charge in [-0.2, -0.15) is 0 Å². The molecule has 0 unspecified atom stereocenters. The second-order valence-corrected chi connectivity index (χ2v) is 8.44. The minimum absolute atomic E-state index is 0.000862. The summed E-state index contributed by atoms with van der Waals surface area (Å²) in [5, 5.41) is 0. The van der Waals surface area contributed by atoms with Crippen molar-refractivity contribution in [1.29, 1.82) is 0 Å². The molecule has 9 heteroatoms. The van der Waals surface area contributed by atoms with E-state index in [1.807, 2.05) is 30.3 Å². The van der Waals surface area contributed by atoms with E-state index in [9.17, 15) is 9.59 Å². The average molecular weight is 449 g/mol. The predicted octanol–water partition coefficient (Wildman–Crippen LogP) is 5.55.